The van der Waals surface area contributed by atoms with Crippen LogP contribution in [0.4, 0.5) is 5.69 Å². The second-order valence-electron chi connectivity index (χ2n) is 4.40. The van der Waals surface area contributed by atoms with Crippen LogP contribution in [-0.4, -0.2) is 16.1 Å². The molecule has 82 valence electrons. The molecule has 0 saturated carbocycles. The average molecular weight is 210 g/mol. The summed E-state index contributed by atoms with van der Waals surface area (Å²) in [5, 5.41) is 8.93. The van der Waals surface area contributed by atoms with Gasteiger partial charge in [-0.1, -0.05) is 20.8 Å². The van der Waals surface area contributed by atoms with Gasteiger partial charge < -0.3 is 15.8 Å². The molecule has 1 aromatic heterocycles. The van der Waals surface area contributed by atoms with Gasteiger partial charge in [-0.2, -0.15) is 0 Å². The van der Waals surface area contributed by atoms with Gasteiger partial charge in [-0.15, -0.1) is 0 Å². The highest BCUT2D eigenvalue weighted by atomic mass is 16.4. The molecule has 0 aliphatic rings. The maximum atomic E-state index is 11.2. The van der Waals surface area contributed by atoms with E-state index in [1.807, 2.05) is 20.8 Å². The van der Waals surface area contributed by atoms with Crippen LogP contribution in [0.1, 0.15) is 36.8 Å². The highest BCUT2D eigenvalue weighted by Gasteiger charge is 2.23. The van der Waals surface area contributed by atoms with Gasteiger partial charge in [0, 0.05) is 0 Å². The highest BCUT2D eigenvalue weighted by molar-refractivity contribution is 5.87. The van der Waals surface area contributed by atoms with Crippen molar-refractivity contribution in [2.75, 3.05) is 5.73 Å². The molecule has 1 aromatic rings. The fourth-order valence-corrected chi connectivity index (χ4v) is 1.31. The van der Waals surface area contributed by atoms with E-state index in [2.05, 4.69) is 4.98 Å². The summed E-state index contributed by atoms with van der Waals surface area (Å²) in [5.41, 5.74) is 4.95. The van der Waals surface area contributed by atoms with Gasteiger partial charge in [0.1, 0.15) is 5.69 Å². The maximum Gasteiger partial charge on any atom is 0.352 e. The van der Waals surface area contributed by atoms with Gasteiger partial charge in [0.25, 0.3) is 5.56 Å². The van der Waals surface area contributed by atoms with Crippen molar-refractivity contribution in [1.82, 2.24) is 4.98 Å². The van der Waals surface area contributed by atoms with Gasteiger partial charge in [0.2, 0.25) is 0 Å². The zero-order valence-electron chi connectivity index (χ0n) is 8.92. The van der Waals surface area contributed by atoms with E-state index >= 15 is 0 Å². The summed E-state index contributed by atoms with van der Waals surface area (Å²) in [6.07, 6.45) is 0. The molecule has 0 aliphatic heterocycles. The number of H-pyrrole nitrogens is 1. The smallest absolute Gasteiger partial charge is 0.352 e. The molecule has 5 heteroatoms. The predicted molar refractivity (Wildman–Crippen MR) is 57.1 cm³/mol. The minimum atomic E-state index is -1.16. The molecular weight excluding hydrogens is 196 g/mol. The van der Waals surface area contributed by atoms with Crippen LogP contribution in [0.15, 0.2) is 10.9 Å². The van der Waals surface area contributed by atoms with Gasteiger partial charge in [-0.25, -0.2) is 4.79 Å². The van der Waals surface area contributed by atoms with Crippen LogP contribution >= 0.6 is 0 Å². The van der Waals surface area contributed by atoms with E-state index in [0.29, 0.717) is 5.56 Å². The molecular formula is C10H14N2O3. The van der Waals surface area contributed by atoms with Crippen molar-refractivity contribution in [1.29, 1.82) is 0 Å². The Morgan fingerprint density at radius 3 is 2.40 bits per heavy atom. The second-order valence-corrected chi connectivity index (χ2v) is 4.40. The van der Waals surface area contributed by atoms with Crippen LogP contribution in [0.2, 0.25) is 0 Å². The van der Waals surface area contributed by atoms with Gasteiger partial charge in [0.15, 0.2) is 0 Å². The van der Waals surface area contributed by atoms with Crippen LogP contribution in [0.25, 0.3) is 0 Å². The number of nitrogen functional groups attached to an aromatic ring is 1. The number of carbonyl (C=O) groups is 1. The van der Waals surface area contributed by atoms with Gasteiger partial charge in [0.05, 0.1) is 5.69 Å². The largest absolute Gasteiger partial charge is 0.477 e. The van der Waals surface area contributed by atoms with E-state index in [0.717, 1.165) is 0 Å². The lowest BCUT2D eigenvalue weighted by atomic mass is 9.85. The molecule has 0 aliphatic carbocycles. The third-order valence-electron chi connectivity index (χ3n) is 2.09. The van der Waals surface area contributed by atoms with Crippen LogP contribution in [0.5, 0.6) is 0 Å². The maximum absolute atomic E-state index is 11.2. The number of pyridine rings is 1. The highest BCUT2D eigenvalue weighted by Crippen LogP contribution is 2.25. The number of nitrogens with two attached hydrogens (primary N) is 1. The van der Waals surface area contributed by atoms with Gasteiger partial charge >= 0.3 is 5.97 Å². The van der Waals surface area contributed by atoms with Crippen LogP contribution in [-0.2, 0) is 5.41 Å². The molecule has 0 aromatic carbocycles. The van der Waals surface area contributed by atoms with Crippen molar-refractivity contribution in [2.24, 2.45) is 0 Å². The molecule has 1 rings (SSSR count). The number of anilines is 1. The van der Waals surface area contributed by atoms with Crippen LogP contribution in [0.3, 0.4) is 0 Å². The van der Waals surface area contributed by atoms with E-state index < -0.39 is 11.5 Å². The van der Waals surface area contributed by atoms with Crippen molar-refractivity contribution in [3.8, 4) is 0 Å². The Bertz CT molecular complexity index is 455. The summed E-state index contributed by atoms with van der Waals surface area (Å²) < 4.78 is 0. The number of aromatic amines is 1. The number of hydrogen-bond acceptors (Lipinski definition) is 3. The van der Waals surface area contributed by atoms with E-state index in [-0.39, 0.29) is 16.8 Å². The first-order chi connectivity index (χ1) is 6.73. The summed E-state index contributed by atoms with van der Waals surface area (Å²) in [7, 11) is 0. The van der Waals surface area contributed by atoms with E-state index in [9.17, 15) is 9.59 Å². The molecule has 0 atom stereocenters. The number of carboxylic acid groups (broad SMARTS) is 1. The van der Waals surface area contributed by atoms with Crippen molar-refractivity contribution in [3.05, 3.63) is 27.7 Å². The third-order valence-corrected chi connectivity index (χ3v) is 2.09. The fourth-order valence-electron chi connectivity index (χ4n) is 1.31. The Labute approximate surface area is 86.9 Å². The first-order valence-corrected chi connectivity index (χ1v) is 4.50. The normalized spacial score (nSPS) is 11.4. The Morgan fingerprint density at radius 1 is 1.47 bits per heavy atom. The SMILES string of the molecule is CC(C)(C)c1cc(N)c(=O)[nH]c1C(=O)O. The molecule has 4 N–H and O–H groups in total. The lowest BCUT2D eigenvalue weighted by Crippen LogP contribution is -2.24. The lowest BCUT2D eigenvalue weighted by Gasteiger charge is -2.21. The van der Waals surface area contributed by atoms with E-state index in [1.54, 1.807) is 0 Å². The molecule has 0 saturated heterocycles. The monoisotopic (exact) mass is 210 g/mol. The van der Waals surface area contributed by atoms with Crippen molar-refractivity contribution in [3.63, 3.8) is 0 Å². The third kappa shape index (κ3) is 2.18. The molecule has 0 spiro atoms. The Hall–Kier alpha value is -1.78. The summed E-state index contributed by atoms with van der Waals surface area (Å²) >= 11 is 0. The van der Waals surface area contributed by atoms with E-state index in [4.69, 9.17) is 10.8 Å². The minimum Gasteiger partial charge on any atom is -0.477 e. The van der Waals surface area contributed by atoms with Crippen LogP contribution in [0, 0.1) is 0 Å². The average Bonchev–Trinajstić information content (AvgIpc) is 2.06. The topological polar surface area (TPSA) is 96.2 Å². The zero-order chi connectivity index (χ0) is 11.8. The van der Waals surface area contributed by atoms with Crippen molar-refractivity contribution >= 4 is 11.7 Å². The van der Waals surface area contributed by atoms with Crippen LogP contribution < -0.4 is 11.3 Å². The molecule has 0 amide bonds. The number of nitrogens with one attached hydrogen (secondary N) is 1. The van der Waals surface area contributed by atoms with Gasteiger partial charge in [-0.3, -0.25) is 4.79 Å². The zero-order valence-corrected chi connectivity index (χ0v) is 8.92. The van der Waals surface area contributed by atoms with E-state index in [1.165, 1.54) is 6.07 Å². The Kier molecular flexibility index (Phi) is 2.57. The first kappa shape index (κ1) is 11.3. The first-order valence-electron chi connectivity index (χ1n) is 4.50. The molecule has 0 bridgehead atoms. The molecule has 15 heavy (non-hydrogen) atoms. The molecule has 1 heterocycles. The van der Waals surface area contributed by atoms with Crippen molar-refractivity contribution < 1.29 is 9.90 Å². The van der Waals surface area contributed by atoms with Gasteiger partial charge in [-0.05, 0) is 17.0 Å². The quantitative estimate of drug-likeness (QED) is 0.643. The predicted octanol–water partition coefficient (Wildman–Crippen LogP) is 0.953. The molecule has 5 nitrogen and oxygen atoms in total. The number of carboxylic acids is 1. The number of aromatic nitrogens is 1. The molecule has 0 radical (unpaired) electrons. The number of hydrogen-bond donors (Lipinski definition) is 3. The van der Waals surface area contributed by atoms with Crippen molar-refractivity contribution in [2.45, 2.75) is 26.2 Å². The second kappa shape index (κ2) is 3.42. The standard InChI is InChI=1S/C10H14N2O3/c1-10(2,3)5-4-6(11)8(13)12-7(5)9(14)15/h4H,11H2,1-3H3,(H,12,13)(H,14,15). The molecule has 0 fully saturated rings. The Morgan fingerprint density at radius 2 is 2.00 bits per heavy atom. The summed E-state index contributed by atoms with van der Waals surface area (Å²) in [6.45, 7) is 5.56. The molecule has 0 unspecified atom stereocenters. The summed E-state index contributed by atoms with van der Waals surface area (Å²) in [5.74, 6) is -1.16. The minimum absolute atomic E-state index is 0.0323. The number of aromatic carboxylic acids is 1. The summed E-state index contributed by atoms with van der Waals surface area (Å²) in [4.78, 5) is 24.4. The fraction of sp³-hybridized carbons (Fsp3) is 0.400. The number of rotatable bonds is 1. The Balaban J connectivity index is 3.56. The lowest BCUT2D eigenvalue weighted by molar-refractivity contribution is 0.0687. The summed E-state index contributed by atoms with van der Waals surface area (Å²) in [6, 6.07) is 1.42.